The molecule has 10 nitrogen and oxygen atoms in total. The van der Waals surface area contributed by atoms with Crippen molar-refractivity contribution >= 4 is 22.0 Å². The van der Waals surface area contributed by atoms with Gasteiger partial charge >= 0.3 is 11.9 Å². The monoisotopic (exact) mass is 446 g/mol. The van der Waals surface area contributed by atoms with E-state index in [1.807, 2.05) is 32.0 Å². The average molecular weight is 447 g/mol. The van der Waals surface area contributed by atoms with Gasteiger partial charge in [-0.1, -0.05) is 13.0 Å². The van der Waals surface area contributed by atoms with E-state index in [-0.39, 0.29) is 5.75 Å². The number of nitrogens with zero attached hydrogens (tertiary/aromatic N) is 2. The van der Waals surface area contributed by atoms with Crippen molar-refractivity contribution in [2.24, 2.45) is 0 Å². The van der Waals surface area contributed by atoms with Gasteiger partial charge in [0.2, 0.25) is 10.0 Å². The smallest absolute Gasteiger partial charge is 0.414 e. The molecule has 0 aliphatic carbocycles. The molecule has 1 fully saturated rings. The fraction of sp³-hybridized carbons (Fsp3) is 0.579. The summed E-state index contributed by atoms with van der Waals surface area (Å²) in [6.07, 6.45) is 0.661. The van der Waals surface area contributed by atoms with E-state index in [0.29, 0.717) is 26.1 Å². The summed E-state index contributed by atoms with van der Waals surface area (Å²) in [6.45, 7) is 7.85. The Bertz CT molecular complexity index is 793. The van der Waals surface area contributed by atoms with Crippen molar-refractivity contribution < 1.29 is 37.7 Å². The van der Waals surface area contributed by atoms with Crippen LogP contribution in [0.1, 0.15) is 25.8 Å². The number of hydrogen-bond donors (Lipinski definition) is 2. The lowest BCUT2D eigenvalue weighted by atomic mass is 10.1. The lowest BCUT2D eigenvalue weighted by Crippen LogP contribution is -2.48. The number of benzene rings is 1. The number of carbonyl (C=O) groups is 2. The molecule has 2 N–H and O–H groups in total. The number of carboxylic acid groups (broad SMARTS) is 2. The molecule has 1 saturated heterocycles. The topological polar surface area (TPSA) is 134 Å². The average Bonchev–Trinajstić information content (AvgIpc) is 2.70. The van der Waals surface area contributed by atoms with Crippen LogP contribution in [0.2, 0.25) is 0 Å². The summed E-state index contributed by atoms with van der Waals surface area (Å²) in [4.78, 5) is 20.5. The van der Waals surface area contributed by atoms with Crippen LogP contribution in [0.4, 0.5) is 0 Å². The first-order chi connectivity index (χ1) is 14.1. The van der Waals surface area contributed by atoms with Crippen molar-refractivity contribution in [2.75, 3.05) is 45.6 Å². The van der Waals surface area contributed by atoms with E-state index in [1.54, 1.807) is 11.4 Å². The zero-order valence-electron chi connectivity index (χ0n) is 17.5. The molecule has 1 aliphatic heterocycles. The largest absolute Gasteiger partial charge is 0.493 e. The molecule has 11 heteroatoms. The maximum Gasteiger partial charge on any atom is 0.414 e. The number of piperazine rings is 1. The van der Waals surface area contributed by atoms with Crippen molar-refractivity contribution in [3.05, 3.63) is 23.8 Å². The molecule has 0 saturated carbocycles. The SMILES string of the molecule is CCCS(=O)(=O)N1CCN(Cc2ccc(OCC)c(OC)c2)CC1.O=C(O)C(=O)O. The molecule has 0 atom stereocenters. The van der Waals surface area contributed by atoms with E-state index in [2.05, 4.69) is 4.90 Å². The van der Waals surface area contributed by atoms with Gasteiger partial charge in [-0.3, -0.25) is 4.90 Å². The normalized spacial score (nSPS) is 15.0. The summed E-state index contributed by atoms with van der Waals surface area (Å²) >= 11 is 0. The highest BCUT2D eigenvalue weighted by Crippen LogP contribution is 2.28. The number of methoxy groups -OCH3 is 1. The molecule has 30 heavy (non-hydrogen) atoms. The molecule has 1 aromatic carbocycles. The lowest BCUT2D eigenvalue weighted by molar-refractivity contribution is -0.159. The minimum atomic E-state index is -3.08. The number of hydrogen-bond acceptors (Lipinski definition) is 7. The summed E-state index contributed by atoms with van der Waals surface area (Å²) in [7, 11) is -1.44. The Labute approximate surface area is 177 Å². The standard InChI is InChI=1S/C17H28N2O4S.C2H2O4/c1-4-12-24(20,21)19-10-8-18(9-11-19)14-15-6-7-16(23-5-2)17(13-15)22-3;3-1(4)2(5)6/h6-7,13H,4-5,8-12,14H2,1-3H3;(H,3,4)(H,5,6). The zero-order chi connectivity index (χ0) is 22.7. The third-order valence-corrected chi connectivity index (χ3v) is 6.38. The number of aliphatic carboxylic acids is 2. The number of carboxylic acids is 2. The van der Waals surface area contributed by atoms with Gasteiger partial charge in [0, 0.05) is 32.7 Å². The minimum Gasteiger partial charge on any atom is -0.493 e. The van der Waals surface area contributed by atoms with Gasteiger partial charge in [-0.15, -0.1) is 0 Å². The molecule has 1 heterocycles. The van der Waals surface area contributed by atoms with Gasteiger partial charge < -0.3 is 19.7 Å². The van der Waals surface area contributed by atoms with E-state index in [9.17, 15) is 8.42 Å². The van der Waals surface area contributed by atoms with Crippen LogP contribution < -0.4 is 9.47 Å². The second kappa shape index (κ2) is 12.4. The molecule has 1 aromatic rings. The second-order valence-electron chi connectivity index (χ2n) is 6.52. The van der Waals surface area contributed by atoms with Crippen LogP contribution in [-0.2, 0) is 26.2 Å². The van der Waals surface area contributed by atoms with Gasteiger partial charge in [0.05, 0.1) is 19.5 Å². The zero-order valence-corrected chi connectivity index (χ0v) is 18.4. The van der Waals surface area contributed by atoms with Crippen molar-refractivity contribution in [1.82, 2.24) is 9.21 Å². The second-order valence-corrected chi connectivity index (χ2v) is 8.61. The van der Waals surface area contributed by atoms with Gasteiger partial charge in [-0.05, 0) is 31.0 Å². The molecule has 170 valence electrons. The Morgan fingerprint density at radius 3 is 2.10 bits per heavy atom. The highest BCUT2D eigenvalue weighted by Gasteiger charge is 2.26. The molecule has 2 rings (SSSR count). The number of rotatable bonds is 8. The molecule has 0 radical (unpaired) electrons. The van der Waals surface area contributed by atoms with Crippen LogP contribution in [0, 0.1) is 0 Å². The molecule has 0 bridgehead atoms. The Morgan fingerprint density at radius 2 is 1.63 bits per heavy atom. The van der Waals surface area contributed by atoms with E-state index in [1.165, 1.54) is 0 Å². The summed E-state index contributed by atoms with van der Waals surface area (Å²) in [5, 5.41) is 14.8. The summed E-state index contributed by atoms with van der Waals surface area (Å²) < 4.78 is 36.8. The molecule has 0 unspecified atom stereocenters. The van der Waals surface area contributed by atoms with Crippen LogP contribution in [-0.4, -0.2) is 85.4 Å². The lowest BCUT2D eigenvalue weighted by Gasteiger charge is -2.34. The first kappa shape index (κ1) is 25.7. The predicted octanol–water partition coefficient (Wildman–Crippen LogP) is 1.11. The van der Waals surface area contributed by atoms with E-state index in [4.69, 9.17) is 29.3 Å². The van der Waals surface area contributed by atoms with Gasteiger partial charge in [-0.2, -0.15) is 4.31 Å². The van der Waals surface area contributed by atoms with Crippen LogP contribution in [0.3, 0.4) is 0 Å². The Kier molecular flexibility index (Phi) is 10.6. The Balaban J connectivity index is 0.000000656. The van der Waals surface area contributed by atoms with Crippen molar-refractivity contribution in [1.29, 1.82) is 0 Å². The number of sulfonamides is 1. The Morgan fingerprint density at radius 1 is 1.03 bits per heavy atom. The molecular weight excluding hydrogens is 416 g/mol. The fourth-order valence-electron chi connectivity index (χ4n) is 2.90. The summed E-state index contributed by atoms with van der Waals surface area (Å²) in [6, 6.07) is 5.96. The van der Waals surface area contributed by atoms with E-state index in [0.717, 1.165) is 36.7 Å². The first-order valence-electron chi connectivity index (χ1n) is 9.60. The third kappa shape index (κ3) is 8.17. The summed E-state index contributed by atoms with van der Waals surface area (Å²) in [5.74, 6) is -1.92. The van der Waals surface area contributed by atoms with E-state index < -0.39 is 22.0 Å². The van der Waals surface area contributed by atoms with Crippen molar-refractivity contribution in [2.45, 2.75) is 26.8 Å². The Hall–Kier alpha value is -2.37. The number of ether oxygens (including phenoxy) is 2. The maximum absolute atomic E-state index is 12.1. The summed E-state index contributed by atoms with van der Waals surface area (Å²) in [5.41, 5.74) is 1.14. The van der Waals surface area contributed by atoms with Gasteiger partial charge in [0.25, 0.3) is 0 Å². The minimum absolute atomic E-state index is 0.239. The van der Waals surface area contributed by atoms with E-state index >= 15 is 0 Å². The van der Waals surface area contributed by atoms with Crippen LogP contribution in [0.15, 0.2) is 18.2 Å². The molecule has 0 amide bonds. The van der Waals surface area contributed by atoms with Gasteiger partial charge in [0.1, 0.15) is 0 Å². The fourth-order valence-corrected chi connectivity index (χ4v) is 4.39. The highest BCUT2D eigenvalue weighted by atomic mass is 32.2. The van der Waals surface area contributed by atoms with Crippen LogP contribution in [0.5, 0.6) is 11.5 Å². The highest BCUT2D eigenvalue weighted by molar-refractivity contribution is 7.89. The van der Waals surface area contributed by atoms with Crippen LogP contribution >= 0.6 is 0 Å². The molecule has 1 aliphatic rings. The first-order valence-corrected chi connectivity index (χ1v) is 11.2. The predicted molar refractivity (Wildman–Crippen MR) is 110 cm³/mol. The van der Waals surface area contributed by atoms with Crippen LogP contribution in [0.25, 0.3) is 0 Å². The quantitative estimate of drug-likeness (QED) is 0.563. The van der Waals surface area contributed by atoms with Crippen molar-refractivity contribution in [3.63, 3.8) is 0 Å². The molecular formula is C19H30N2O8S. The third-order valence-electron chi connectivity index (χ3n) is 4.30. The molecule has 0 aromatic heterocycles. The molecule has 0 spiro atoms. The maximum atomic E-state index is 12.1. The van der Waals surface area contributed by atoms with Crippen molar-refractivity contribution in [3.8, 4) is 11.5 Å². The van der Waals surface area contributed by atoms with Gasteiger partial charge in [-0.25, -0.2) is 18.0 Å². The van der Waals surface area contributed by atoms with Gasteiger partial charge in [0.15, 0.2) is 11.5 Å².